The van der Waals surface area contributed by atoms with Gasteiger partial charge in [0.25, 0.3) is 11.5 Å². The zero-order valence-electron chi connectivity index (χ0n) is 16.5. The van der Waals surface area contributed by atoms with Gasteiger partial charge < -0.3 is 10.2 Å². The number of rotatable bonds is 7. The fourth-order valence-electron chi connectivity index (χ4n) is 2.71. The zero-order valence-corrected chi connectivity index (χ0v) is 17.3. The Labute approximate surface area is 173 Å². The number of nitrogens with one attached hydrogen (secondary N) is 2. The van der Waals surface area contributed by atoms with Gasteiger partial charge in [-0.2, -0.15) is 4.68 Å². The summed E-state index contributed by atoms with van der Waals surface area (Å²) in [5.74, 6) is -0.638. The Hall–Kier alpha value is -3.28. The molecule has 3 aromatic rings. The number of para-hydroxylation sites is 1. The van der Waals surface area contributed by atoms with Crippen LogP contribution in [0.1, 0.15) is 10.6 Å². The van der Waals surface area contributed by atoms with Crippen LogP contribution in [0.3, 0.4) is 0 Å². The summed E-state index contributed by atoms with van der Waals surface area (Å²) in [6.07, 6.45) is 0. The van der Waals surface area contributed by atoms with Crippen molar-refractivity contribution < 1.29 is 13.2 Å². The molecule has 0 saturated carbocycles. The van der Waals surface area contributed by atoms with Crippen LogP contribution in [0.4, 0.5) is 5.69 Å². The molecule has 0 bridgehead atoms. The lowest BCUT2D eigenvalue weighted by molar-refractivity contribution is 0.0937. The van der Waals surface area contributed by atoms with E-state index >= 15 is 0 Å². The first-order chi connectivity index (χ1) is 14.2. The van der Waals surface area contributed by atoms with Crippen LogP contribution in [0.25, 0.3) is 10.9 Å². The van der Waals surface area contributed by atoms with Crippen molar-refractivity contribution in [1.29, 1.82) is 0 Å². The molecule has 1 amide bonds. The van der Waals surface area contributed by atoms with Crippen LogP contribution in [-0.4, -0.2) is 56.1 Å². The molecule has 10 nitrogen and oxygen atoms in total. The summed E-state index contributed by atoms with van der Waals surface area (Å²) in [6.45, 7) is 0.990. The highest BCUT2D eigenvalue weighted by Gasteiger charge is 2.18. The Morgan fingerprint density at radius 3 is 2.43 bits per heavy atom. The Morgan fingerprint density at radius 2 is 1.80 bits per heavy atom. The van der Waals surface area contributed by atoms with Gasteiger partial charge in [-0.15, -0.1) is 0 Å². The van der Waals surface area contributed by atoms with Crippen LogP contribution in [-0.2, 0) is 10.0 Å². The summed E-state index contributed by atoms with van der Waals surface area (Å²) in [5.41, 5.74) is 3.13. The van der Waals surface area contributed by atoms with Gasteiger partial charge in [0, 0.05) is 13.1 Å². The third-order valence-corrected chi connectivity index (χ3v) is 5.18. The molecule has 3 rings (SSSR count). The quantitative estimate of drug-likeness (QED) is 0.487. The standard InChI is InChI=1S/C19H22N6O4S/c1-24(2)12-11-21-18(26)17-22-16-6-4-3-5-15(16)19(27)25(17)23-13-7-9-14(10-8-13)30(20,28)29/h3-10,23H,11-12H2,1-2H3,(H,21,26)(H2,20,28,29). The van der Waals surface area contributed by atoms with E-state index in [-0.39, 0.29) is 10.7 Å². The van der Waals surface area contributed by atoms with Crippen LogP contribution in [0.15, 0.2) is 58.2 Å². The van der Waals surface area contributed by atoms with Crippen LogP contribution in [0.2, 0.25) is 0 Å². The highest BCUT2D eigenvalue weighted by atomic mass is 32.2. The number of hydrogen-bond acceptors (Lipinski definition) is 7. The fraction of sp³-hybridized carbons (Fsp3) is 0.211. The van der Waals surface area contributed by atoms with E-state index in [0.29, 0.717) is 29.7 Å². The first-order valence-electron chi connectivity index (χ1n) is 9.01. The van der Waals surface area contributed by atoms with E-state index in [1.54, 1.807) is 24.3 Å². The molecule has 4 N–H and O–H groups in total. The number of nitrogens with zero attached hydrogens (tertiary/aromatic N) is 3. The fourth-order valence-corrected chi connectivity index (χ4v) is 3.22. The van der Waals surface area contributed by atoms with Crippen molar-refractivity contribution >= 4 is 32.5 Å². The molecule has 0 unspecified atom stereocenters. The summed E-state index contributed by atoms with van der Waals surface area (Å²) in [4.78, 5) is 31.9. The molecule has 1 aromatic heterocycles. The van der Waals surface area contributed by atoms with Crippen molar-refractivity contribution in [3.63, 3.8) is 0 Å². The van der Waals surface area contributed by atoms with E-state index in [0.717, 1.165) is 4.68 Å². The number of benzene rings is 2. The van der Waals surface area contributed by atoms with Gasteiger partial charge >= 0.3 is 0 Å². The normalized spacial score (nSPS) is 11.6. The number of amides is 1. The van der Waals surface area contributed by atoms with Gasteiger partial charge in [0.05, 0.1) is 21.5 Å². The molecule has 0 atom stereocenters. The van der Waals surface area contributed by atoms with Gasteiger partial charge in [-0.1, -0.05) is 12.1 Å². The molecule has 0 aliphatic carbocycles. The monoisotopic (exact) mass is 430 g/mol. The molecule has 158 valence electrons. The van der Waals surface area contributed by atoms with Crippen LogP contribution in [0, 0.1) is 0 Å². The van der Waals surface area contributed by atoms with Gasteiger partial charge in [0.2, 0.25) is 15.8 Å². The van der Waals surface area contributed by atoms with E-state index < -0.39 is 21.5 Å². The lowest BCUT2D eigenvalue weighted by Gasteiger charge is -2.16. The second-order valence-corrected chi connectivity index (χ2v) is 8.39. The van der Waals surface area contributed by atoms with Crippen molar-refractivity contribution in [2.45, 2.75) is 4.90 Å². The van der Waals surface area contributed by atoms with Gasteiger partial charge in [-0.05, 0) is 50.5 Å². The largest absolute Gasteiger partial charge is 0.348 e. The molecular formula is C19H22N6O4S. The highest BCUT2D eigenvalue weighted by molar-refractivity contribution is 7.89. The first kappa shape index (κ1) is 21.4. The van der Waals surface area contributed by atoms with Gasteiger partial charge in [-0.25, -0.2) is 18.5 Å². The van der Waals surface area contributed by atoms with Gasteiger partial charge in [-0.3, -0.25) is 15.0 Å². The predicted octanol–water partition coefficient (Wildman–Crippen LogP) is 0.211. The smallest absolute Gasteiger partial charge is 0.289 e. The SMILES string of the molecule is CN(C)CCNC(=O)c1nc2ccccc2c(=O)n1Nc1ccc(S(N)(=O)=O)cc1. The summed E-state index contributed by atoms with van der Waals surface area (Å²) >= 11 is 0. The average molecular weight is 430 g/mol. The van der Waals surface area contributed by atoms with Crippen LogP contribution >= 0.6 is 0 Å². The number of sulfonamides is 1. The summed E-state index contributed by atoms with van der Waals surface area (Å²) in [6, 6.07) is 12.2. The van der Waals surface area contributed by atoms with E-state index in [1.807, 2.05) is 19.0 Å². The maximum absolute atomic E-state index is 13.0. The molecule has 0 radical (unpaired) electrons. The van der Waals surface area contributed by atoms with Crippen molar-refractivity contribution in [3.8, 4) is 0 Å². The minimum Gasteiger partial charge on any atom is -0.348 e. The van der Waals surface area contributed by atoms with Crippen molar-refractivity contribution in [3.05, 3.63) is 64.7 Å². The van der Waals surface area contributed by atoms with E-state index in [1.165, 1.54) is 24.3 Å². The first-order valence-corrected chi connectivity index (χ1v) is 10.6. The Balaban J connectivity index is 2.02. The lowest BCUT2D eigenvalue weighted by atomic mass is 10.2. The molecule has 0 aliphatic rings. The number of carbonyl (C=O) groups is 1. The summed E-state index contributed by atoms with van der Waals surface area (Å²) < 4.78 is 23.9. The number of fused-ring (bicyclic) bond motifs is 1. The van der Waals surface area contributed by atoms with E-state index in [9.17, 15) is 18.0 Å². The topological polar surface area (TPSA) is 139 Å². The zero-order chi connectivity index (χ0) is 21.9. The Morgan fingerprint density at radius 1 is 1.13 bits per heavy atom. The van der Waals surface area contributed by atoms with Gasteiger partial charge in [0.1, 0.15) is 0 Å². The van der Waals surface area contributed by atoms with Crippen molar-refractivity contribution in [2.75, 3.05) is 32.6 Å². The Bertz CT molecular complexity index is 1240. The number of likely N-dealkylation sites (N-methyl/N-ethyl adjacent to an activating group) is 1. The molecule has 0 fully saturated rings. The lowest BCUT2D eigenvalue weighted by Crippen LogP contribution is -2.39. The molecule has 2 aromatic carbocycles. The molecule has 1 heterocycles. The second kappa shape index (κ2) is 8.61. The van der Waals surface area contributed by atoms with Crippen LogP contribution < -0.4 is 21.4 Å². The molecule has 0 saturated heterocycles. The number of hydrogen-bond donors (Lipinski definition) is 3. The number of anilines is 1. The second-order valence-electron chi connectivity index (χ2n) is 6.83. The summed E-state index contributed by atoms with van der Waals surface area (Å²) in [5, 5.41) is 8.18. The molecular weight excluding hydrogens is 408 g/mol. The van der Waals surface area contributed by atoms with Crippen molar-refractivity contribution in [2.24, 2.45) is 5.14 Å². The molecule has 0 aliphatic heterocycles. The highest BCUT2D eigenvalue weighted by Crippen LogP contribution is 2.14. The number of primary sulfonamides is 1. The molecule has 30 heavy (non-hydrogen) atoms. The maximum Gasteiger partial charge on any atom is 0.289 e. The molecule has 0 spiro atoms. The minimum absolute atomic E-state index is 0.0707. The third kappa shape index (κ3) is 4.82. The van der Waals surface area contributed by atoms with Crippen LogP contribution in [0.5, 0.6) is 0 Å². The van der Waals surface area contributed by atoms with Gasteiger partial charge in [0.15, 0.2) is 0 Å². The van der Waals surface area contributed by atoms with E-state index in [4.69, 9.17) is 5.14 Å². The predicted molar refractivity (Wildman–Crippen MR) is 114 cm³/mol. The number of carbonyl (C=O) groups excluding carboxylic acids is 1. The third-order valence-electron chi connectivity index (χ3n) is 4.25. The summed E-state index contributed by atoms with van der Waals surface area (Å²) in [7, 11) is -0.0889. The van der Waals surface area contributed by atoms with E-state index in [2.05, 4.69) is 15.7 Å². The minimum atomic E-state index is -3.85. The number of nitrogens with two attached hydrogens (primary N) is 1. The maximum atomic E-state index is 13.0. The van der Waals surface area contributed by atoms with Crippen molar-refractivity contribution in [1.82, 2.24) is 19.9 Å². The molecule has 11 heteroatoms. The Kier molecular flexibility index (Phi) is 6.15. The number of aromatic nitrogens is 2. The average Bonchev–Trinajstić information content (AvgIpc) is 2.69.